The molecule has 258 valence electrons. The van der Waals surface area contributed by atoms with E-state index in [0.717, 1.165) is 11.1 Å². The first-order chi connectivity index (χ1) is 21.6. The van der Waals surface area contributed by atoms with E-state index in [1.54, 1.807) is 4.90 Å². The zero-order valence-electron chi connectivity index (χ0n) is 26.2. The maximum absolute atomic E-state index is 12.8. The molecule has 0 radical (unpaired) electrons. The molecule has 0 heterocycles. The van der Waals surface area contributed by atoms with Crippen LogP contribution in [0.3, 0.4) is 0 Å². The van der Waals surface area contributed by atoms with Crippen molar-refractivity contribution in [3.63, 3.8) is 0 Å². The third-order valence-electron chi connectivity index (χ3n) is 6.51. The van der Waals surface area contributed by atoms with Crippen molar-refractivity contribution in [2.75, 3.05) is 65.5 Å². The Morgan fingerprint density at radius 3 is 1.59 bits per heavy atom. The van der Waals surface area contributed by atoms with Crippen molar-refractivity contribution < 1.29 is 54.0 Å². The van der Waals surface area contributed by atoms with E-state index in [2.05, 4.69) is 10.8 Å². The van der Waals surface area contributed by atoms with Gasteiger partial charge in [-0.3, -0.25) is 48.3 Å². The number of aliphatic carboxylic acids is 4. The van der Waals surface area contributed by atoms with Gasteiger partial charge in [0.25, 0.3) is 5.91 Å². The standard InChI is InChI=1S/C29H46N6O11/c1-20(2)13-23(30)29(45)32-46-12-7-21-3-5-22(6-4-21)14-31-24(36)15-33(8-10-34(16-25(37)38)17-26(39)40)9-11-35(18-27(41)42)19-28(43)44/h3-6,20,23H,7-19,30H2,1-2H3,(H,31,36)(H,32,45)(H,37,38)(H,39,40)(H,41,42)(H,43,44). The number of hydrogen-bond donors (Lipinski definition) is 7. The average Bonchev–Trinajstić information content (AvgIpc) is 2.94. The predicted octanol–water partition coefficient (Wildman–Crippen LogP) is -1.49. The number of nitrogens with one attached hydrogen (secondary N) is 2. The van der Waals surface area contributed by atoms with E-state index >= 15 is 0 Å². The van der Waals surface area contributed by atoms with Crippen molar-refractivity contribution in [1.82, 2.24) is 25.5 Å². The molecule has 1 unspecified atom stereocenters. The van der Waals surface area contributed by atoms with Crippen LogP contribution in [0.25, 0.3) is 0 Å². The summed E-state index contributed by atoms with van der Waals surface area (Å²) in [4.78, 5) is 78.5. The maximum atomic E-state index is 12.8. The van der Waals surface area contributed by atoms with Crippen LogP contribution in [0.15, 0.2) is 24.3 Å². The first-order valence-electron chi connectivity index (χ1n) is 14.7. The van der Waals surface area contributed by atoms with Gasteiger partial charge in [0.15, 0.2) is 0 Å². The maximum Gasteiger partial charge on any atom is 0.317 e. The van der Waals surface area contributed by atoms with E-state index in [-0.39, 0.29) is 57.7 Å². The molecule has 0 aromatic heterocycles. The van der Waals surface area contributed by atoms with Gasteiger partial charge in [0, 0.05) is 32.7 Å². The molecule has 2 amide bonds. The summed E-state index contributed by atoms with van der Waals surface area (Å²) in [5, 5.41) is 39.2. The van der Waals surface area contributed by atoms with Crippen LogP contribution < -0.4 is 16.5 Å². The summed E-state index contributed by atoms with van der Waals surface area (Å²) in [5.41, 5.74) is 9.89. The molecule has 0 aliphatic heterocycles. The highest BCUT2D eigenvalue weighted by Crippen LogP contribution is 2.06. The molecule has 1 aromatic rings. The summed E-state index contributed by atoms with van der Waals surface area (Å²) in [6.45, 7) is 2.06. The monoisotopic (exact) mass is 654 g/mol. The number of hydroxylamine groups is 1. The summed E-state index contributed by atoms with van der Waals surface area (Å²) >= 11 is 0. The minimum absolute atomic E-state index is 0.0245. The van der Waals surface area contributed by atoms with E-state index in [0.29, 0.717) is 12.8 Å². The molecule has 17 nitrogen and oxygen atoms in total. The Balaban J connectivity index is 2.71. The highest BCUT2D eigenvalue weighted by molar-refractivity contribution is 5.80. The van der Waals surface area contributed by atoms with Gasteiger partial charge in [-0.05, 0) is 29.9 Å². The molecule has 0 bridgehead atoms. The topological polar surface area (TPSA) is 252 Å². The SMILES string of the molecule is CC(C)CC(N)C(=O)NOCCc1ccc(CNC(=O)CN(CCN(CC(=O)O)CC(=O)O)CCN(CC(=O)O)CC(=O)O)cc1. The molecule has 17 heteroatoms. The molecule has 0 aliphatic rings. The van der Waals surface area contributed by atoms with Gasteiger partial charge < -0.3 is 31.5 Å². The second-order valence-corrected chi connectivity index (χ2v) is 11.2. The quantitative estimate of drug-likeness (QED) is 0.0468. The number of carboxylic acid groups (broad SMARTS) is 4. The first-order valence-corrected chi connectivity index (χ1v) is 14.7. The van der Waals surface area contributed by atoms with Crippen molar-refractivity contribution in [3.8, 4) is 0 Å². The van der Waals surface area contributed by atoms with Gasteiger partial charge in [0.05, 0.1) is 45.4 Å². The third-order valence-corrected chi connectivity index (χ3v) is 6.51. The molecule has 8 N–H and O–H groups in total. The van der Waals surface area contributed by atoms with Gasteiger partial charge >= 0.3 is 23.9 Å². The number of nitrogens with two attached hydrogens (primary N) is 1. The Bertz CT molecular complexity index is 1080. The lowest BCUT2D eigenvalue weighted by molar-refractivity contribution is -0.143. The fourth-order valence-electron chi connectivity index (χ4n) is 4.29. The van der Waals surface area contributed by atoms with Crippen LogP contribution >= 0.6 is 0 Å². The first kappa shape index (κ1) is 39.9. The number of nitrogens with zero attached hydrogens (tertiary/aromatic N) is 3. The molecule has 0 saturated carbocycles. The second-order valence-electron chi connectivity index (χ2n) is 11.2. The number of rotatable bonds is 25. The van der Waals surface area contributed by atoms with Crippen molar-refractivity contribution in [3.05, 3.63) is 35.4 Å². The molecule has 46 heavy (non-hydrogen) atoms. The molecular weight excluding hydrogens is 608 g/mol. The zero-order chi connectivity index (χ0) is 34.6. The van der Waals surface area contributed by atoms with Crippen LogP contribution in [0.2, 0.25) is 0 Å². The van der Waals surface area contributed by atoms with Crippen molar-refractivity contribution >= 4 is 35.7 Å². The zero-order valence-corrected chi connectivity index (χ0v) is 26.2. The van der Waals surface area contributed by atoms with E-state index in [4.69, 9.17) is 31.0 Å². The summed E-state index contributed by atoms with van der Waals surface area (Å²) in [6.07, 6.45) is 1.06. The molecule has 1 rings (SSSR count). The van der Waals surface area contributed by atoms with Gasteiger partial charge in [-0.1, -0.05) is 38.1 Å². The predicted molar refractivity (Wildman–Crippen MR) is 163 cm³/mol. The van der Waals surface area contributed by atoms with E-state index in [9.17, 15) is 28.8 Å². The normalized spacial score (nSPS) is 12.0. The van der Waals surface area contributed by atoms with Crippen LogP contribution in [0.4, 0.5) is 0 Å². The van der Waals surface area contributed by atoms with Crippen LogP contribution in [-0.4, -0.2) is 142 Å². The third kappa shape index (κ3) is 19.3. The Labute approximate surface area is 267 Å². The Morgan fingerprint density at radius 1 is 0.717 bits per heavy atom. The van der Waals surface area contributed by atoms with E-state index < -0.39 is 62.0 Å². The number of benzene rings is 1. The van der Waals surface area contributed by atoms with Crippen molar-refractivity contribution in [2.45, 2.75) is 39.3 Å². The molecule has 0 aliphatic carbocycles. The Kier molecular flexibility index (Phi) is 18.7. The molecule has 1 atom stereocenters. The molecule has 1 aromatic carbocycles. The number of hydrogen-bond acceptors (Lipinski definition) is 11. The minimum atomic E-state index is -1.23. The van der Waals surface area contributed by atoms with Gasteiger partial charge in [0.1, 0.15) is 0 Å². The van der Waals surface area contributed by atoms with Crippen LogP contribution in [0.1, 0.15) is 31.4 Å². The second kappa shape index (κ2) is 21.6. The minimum Gasteiger partial charge on any atom is -0.480 e. The fourth-order valence-corrected chi connectivity index (χ4v) is 4.29. The van der Waals surface area contributed by atoms with Crippen molar-refractivity contribution in [2.24, 2.45) is 11.7 Å². The molecular formula is C29H46N6O11. The van der Waals surface area contributed by atoms with Crippen LogP contribution in [0, 0.1) is 5.92 Å². The summed E-state index contributed by atoms with van der Waals surface area (Å²) in [6, 6.07) is 6.69. The lowest BCUT2D eigenvalue weighted by Crippen LogP contribution is -2.47. The molecule has 0 spiro atoms. The summed E-state index contributed by atoms with van der Waals surface area (Å²) in [7, 11) is 0. The highest BCUT2D eigenvalue weighted by atomic mass is 16.6. The van der Waals surface area contributed by atoms with Crippen LogP contribution in [0.5, 0.6) is 0 Å². The smallest absolute Gasteiger partial charge is 0.317 e. The summed E-state index contributed by atoms with van der Waals surface area (Å²) in [5.74, 6) is -5.43. The lowest BCUT2D eigenvalue weighted by atomic mass is 10.0. The van der Waals surface area contributed by atoms with E-state index in [1.165, 1.54) is 9.80 Å². The fraction of sp³-hybridized carbons (Fsp3) is 0.586. The average molecular weight is 655 g/mol. The Morgan fingerprint density at radius 2 is 1.15 bits per heavy atom. The van der Waals surface area contributed by atoms with Gasteiger partial charge in [-0.2, -0.15) is 0 Å². The number of carbonyl (C=O) groups is 6. The highest BCUT2D eigenvalue weighted by Gasteiger charge is 2.20. The van der Waals surface area contributed by atoms with Crippen LogP contribution in [-0.2, 0) is 46.6 Å². The largest absolute Gasteiger partial charge is 0.480 e. The summed E-state index contributed by atoms with van der Waals surface area (Å²) < 4.78 is 0. The Hall–Kier alpha value is -4.16. The van der Waals surface area contributed by atoms with Gasteiger partial charge in [-0.25, -0.2) is 5.48 Å². The number of amides is 2. The number of carboxylic acids is 4. The van der Waals surface area contributed by atoms with E-state index in [1.807, 2.05) is 38.1 Å². The van der Waals surface area contributed by atoms with Gasteiger partial charge in [0.2, 0.25) is 5.91 Å². The molecule has 0 fully saturated rings. The van der Waals surface area contributed by atoms with Gasteiger partial charge in [-0.15, -0.1) is 0 Å². The molecule has 0 saturated heterocycles. The number of carbonyl (C=O) groups excluding carboxylic acids is 2. The lowest BCUT2D eigenvalue weighted by Gasteiger charge is -2.28. The van der Waals surface area contributed by atoms with Crippen molar-refractivity contribution in [1.29, 1.82) is 0 Å².